The lowest BCUT2D eigenvalue weighted by Gasteiger charge is -2.14. The second-order valence-electron chi connectivity index (χ2n) is 5.05. The molecule has 1 unspecified atom stereocenters. The van der Waals surface area contributed by atoms with Gasteiger partial charge in [0.1, 0.15) is 12.4 Å². The quantitative estimate of drug-likeness (QED) is 0.602. The molecule has 0 aromatic heterocycles. The predicted octanol–water partition coefficient (Wildman–Crippen LogP) is 3.92. The average molecular weight is 271 g/mol. The van der Waals surface area contributed by atoms with Crippen LogP contribution in [0.4, 0.5) is 0 Å². The zero-order chi connectivity index (χ0) is 15.0. The van der Waals surface area contributed by atoms with E-state index in [1.54, 1.807) is 6.08 Å². The first-order chi connectivity index (χ1) is 9.55. The summed E-state index contributed by atoms with van der Waals surface area (Å²) in [4.78, 5) is 0. The van der Waals surface area contributed by atoms with Crippen LogP contribution >= 0.6 is 0 Å². The Kier molecular flexibility index (Phi) is 6.82. The van der Waals surface area contributed by atoms with Crippen molar-refractivity contribution in [3.05, 3.63) is 71.5 Å². The van der Waals surface area contributed by atoms with E-state index in [4.69, 9.17) is 10.5 Å². The van der Waals surface area contributed by atoms with Gasteiger partial charge >= 0.3 is 0 Å². The topological polar surface area (TPSA) is 35.2 Å². The summed E-state index contributed by atoms with van der Waals surface area (Å²) in [6, 6.07) is 8.41. The zero-order valence-corrected chi connectivity index (χ0v) is 12.7. The smallest absolute Gasteiger partial charge is 0.115 e. The Hall–Kier alpha value is -1.80. The molecule has 0 aliphatic heterocycles. The standard InChI is InChI=1S/C18H25NO/c1-5-14(3)11-18(6-2)20-13-17(19)12-16-9-7-8-15(4)10-16/h5-11,17H,1,12-13,19H2,2-4H3/b14-11-,18-6+. The molecule has 0 heterocycles. The molecule has 0 aliphatic carbocycles. The zero-order valence-electron chi connectivity index (χ0n) is 12.7. The molecule has 0 bridgehead atoms. The van der Waals surface area contributed by atoms with Crippen molar-refractivity contribution in [3.63, 3.8) is 0 Å². The third-order valence-electron chi connectivity index (χ3n) is 3.02. The number of aryl methyl sites for hydroxylation is 1. The highest BCUT2D eigenvalue weighted by Gasteiger charge is 2.06. The van der Waals surface area contributed by atoms with Gasteiger partial charge in [0.25, 0.3) is 0 Å². The molecule has 0 saturated carbocycles. The molecular formula is C18H25NO. The van der Waals surface area contributed by atoms with Crippen LogP contribution in [0.15, 0.2) is 60.4 Å². The summed E-state index contributed by atoms with van der Waals surface area (Å²) in [5.74, 6) is 0.835. The predicted molar refractivity (Wildman–Crippen MR) is 86.5 cm³/mol. The summed E-state index contributed by atoms with van der Waals surface area (Å²) in [6.07, 6.45) is 6.53. The van der Waals surface area contributed by atoms with Crippen LogP contribution in [-0.4, -0.2) is 12.6 Å². The monoisotopic (exact) mass is 271 g/mol. The van der Waals surface area contributed by atoms with Crippen molar-refractivity contribution < 1.29 is 4.74 Å². The van der Waals surface area contributed by atoms with Gasteiger partial charge in [-0.05, 0) is 50.5 Å². The van der Waals surface area contributed by atoms with Crippen LogP contribution in [0.2, 0.25) is 0 Å². The molecule has 1 aromatic carbocycles. The van der Waals surface area contributed by atoms with Gasteiger partial charge in [0.2, 0.25) is 0 Å². The summed E-state index contributed by atoms with van der Waals surface area (Å²) in [5, 5.41) is 0. The Balaban J connectivity index is 2.50. The molecule has 20 heavy (non-hydrogen) atoms. The first kappa shape index (κ1) is 16.3. The number of benzene rings is 1. The second kappa shape index (κ2) is 8.39. The lowest BCUT2D eigenvalue weighted by Crippen LogP contribution is -2.28. The number of nitrogens with two attached hydrogens (primary N) is 1. The molecule has 108 valence electrons. The summed E-state index contributed by atoms with van der Waals surface area (Å²) in [6.45, 7) is 10.3. The van der Waals surface area contributed by atoms with Gasteiger partial charge in [-0.3, -0.25) is 0 Å². The largest absolute Gasteiger partial charge is 0.492 e. The number of hydrogen-bond donors (Lipinski definition) is 1. The average Bonchev–Trinajstić information content (AvgIpc) is 2.43. The van der Waals surface area contributed by atoms with Gasteiger partial charge < -0.3 is 10.5 Å². The highest BCUT2D eigenvalue weighted by molar-refractivity contribution is 5.24. The van der Waals surface area contributed by atoms with Gasteiger partial charge in [-0.15, -0.1) is 0 Å². The highest BCUT2D eigenvalue weighted by Crippen LogP contribution is 2.09. The molecule has 0 saturated heterocycles. The lowest BCUT2D eigenvalue weighted by atomic mass is 10.1. The minimum absolute atomic E-state index is 0.0100. The summed E-state index contributed by atoms with van der Waals surface area (Å²) in [5.41, 5.74) is 9.71. The van der Waals surface area contributed by atoms with E-state index in [0.717, 1.165) is 17.8 Å². The maximum Gasteiger partial charge on any atom is 0.115 e. The molecule has 1 aromatic rings. The van der Waals surface area contributed by atoms with E-state index in [-0.39, 0.29) is 6.04 Å². The lowest BCUT2D eigenvalue weighted by molar-refractivity contribution is 0.203. The van der Waals surface area contributed by atoms with E-state index in [9.17, 15) is 0 Å². The Morgan fingerprint density at radius 3 is 2.80 bits per heavy atom. The highest BCUT2D eigenvalue weighted by atomic mass is 16.5. The van der Waals surface area contributed by atoms with Crippen LogP contribution in [0, 0.1) is 6.92 Å². The van der Waals surface area contributed by atoms with E-state index in [1.807, 2.05) is 26.0 Å². The van der Waals surface area contributed by atoms with Crippen molar-refractivity contribution in [3.8, 4) is 0 Å². The van der Waals surface area contributed by atoms with Crippen LogP contribution < -0.4 is 5.73 Å². The molecule has 0 radical (unpaired) electrons. The molecule has 0 aliphatic rings. The fourth-order valence-corrected chi connectivity index (χ4v) is 1.90. The summed E-state index contributed by atoms with van der Waals surface area (Å²) < 4.78 is 5.74. The van der Waals surface area contributed by atoms with Gasteiger partial charge in [-0.25, -0.2) is 0 Å². The molecule has 2 heteroatoms. The molecular weight excluding hydrogens is 246 g/mol. The molecule has 1 atom stereocenters. The molecule has 0 fully saturated rings. The molecule has 1 rings (SSSR count). The summed E-state index contributed by atoms with van der Waals surface area (Å²) in [7, 11) is 0. The molecule has 0 spiro atoms. The van der Waals surface area contributed by atoms with Crippen molar-refractivity contribution in [2.45, 2.75) is 33.2 Å². The number of rotatable bonds is 7. The first-order valence-corrected chi connectivity index (χ1v) is 6.96. The Labute approximate surface area is 122 Å². The van der Waals surface area contributed by atoms with E-state index in [2.05, 4.69) is 37.8 Å². The van der Waals surface area contributed by atoms with E-state index < -0.39 is 0 Å². The van der Waals surface area contributed by atoms with Gasteiger partial charge in [-0.1, -0.05) is 42.5 Å². The summed E-state index contributed by atoms with van der Waals surface area (Å²) >= 11 is 0. The van der Waals surface area contributed by atoms with E-state index >= 15 is 0 Å². The van der Waals surface area contributed by atoms with Crippen molar-refractivity contribution in [1.82, 2.24) is 0 Å². The van der Waals surface area contributed by atoms with Crippen LogP contribution in [0.3, 0.4) is 0 Å². The number of allylic oxidation sites excluding steroid dienone is 4. The molecule has 2 nitrogen and oxygen atoms in total. The van der Waals surface area contributed by atoms with Crippen molar-refractivity contribution >= 4 is 0 Å². The van der Waals surface area contributed by atoms with Gasteiger partial charge in [0.05, 0.1) is 0 Å². The van der Waals surface area contributed by atoms with Gasteiger partial charge in [0.15, 0.2) is 0 Å². The Morgan fingerprint density at radius 2 is 2.20 bits per heavy atom. The fourth-order valence-electron chi connectivity index (χ4n) is 1.90. The minimum atomic E-state index is -0.0100. The second-order valence-corrected chi connectivity index (χ2v) is 5.05. The number of hydrogen-bond acceptors (Lipinski definition) is 2. The number of ether oxygens (including phenoxy) is 1. The van der Waals surface area contributed by atoms with E-state index in [0.29, 0.717) is 6.61 Å². The maximum absolute atomic E-state index is 6.13. The van der Waals surface area contributed by atoms with Crippen molar-refractivity contribution in [2.75, 3.05) is 6.61 Å². The van der Waals surface area contributed by atoms with Crippen LogP contribution in [0.5, 0.6) is 0 Å². The normalized spacial score (nSPS) is 14.0. The van der Waals surface area contributed by atoms with Crippen molar-refractivity contribution in [2.24, 2.45) is 5.73 Å². The third-order valence-corrected chi connectivity index (χ3v) is 3.02. The molecule has 2 N–H and O–H groups in total. The SMILES string of the molecule is C=C/C(C)=C\C(=C/C)OCC(N)Cc1cccc(C)c1. The fraction of sp³-hybridized carbons (Fsp3) is 0.333. The van der Waals surface area contributed by atoms with Gasteiger partial charge in [0, 0.05) is 6.04 Å². The first-order valence-electron chi connectivity index (χ1n) is 6.96. The molecule has 0 amide bonds. The van der Waals surface area contributed by atoms with Crippen LogP contribution in [0.1, 0.15) is 25.0 Å². The van der Waals surface area contributed by atoms with Crippen molar-refractivity contribution in [1.29, 1.82) is 0 Å². The third kappa shape index (κ3) is 5.89. The van der Waals surface area contributed by atoms with Gasteiger partial charge in [-0.2, -0.15) is 0 Å². The Bertz CT molecular complexity index is 500. The maximum atomic E-state index is 6.13. The van der Waals surface area contributed by atoms with Crippen LogP contribution in [-0.2, 0) is 11.2 Å². The minimum Gasteiger partial charge on any atom is -0.492 e. The van der Waals surface area contributed by atoms with Crippen LogP contribution in [0.25, 0.3) is 0 Å². The Morgan fingerprint density at radius 1 is 1.45 bits per heavy atom. The van der Waals surface area contributed by atoms with E-state index in [1.165, 1.54) is 11.1 Å².